The van der Waals surface area contributed by atoms with Crippen molar-refractivity contribution in [1.29, 1.82) is 5.41 Å². The summed E-state index contributed by atoms with van der Waals surface area (Å²) in [5.74, 6) is 1.61. The quantitative estimate of drug-likeness (QED) is 0.740. The van der Waals surface area contributed by atoms with Gasteiger partial charge in [0.25, 0.3) is 0 Å². The zero-order chi connectivity index (χ0) is 17.6. The van der Waals surface area contributed by atoms with E-state index in [-0.39, 0.29) is 24.0 Å². The molecule has 4 rings (SSSR count). The molecule has 0 bridgehead atoms. The van der Waals surface area contributed by atoms with Crippen LogP contribution in [0.2, 0.25) is 0 Å². The number of methoxy groups -OCH3 is 2. The van der Waals surface area contributed by atoms with E-state index in [1.807, 2.05) is 10.8 Å². The van der Waals surface area contributed by atoms with Crippen LogP contribution in [-0.2, 0) is 0 Å². The molecule has 0 unspecified atom stereocenters. The molecular weight excluding hydrogens is 342 g/mol. The Bertz CT molecular complexity index is 954. The predicted molar refractivity (Wildman–Crippen MR) is 96.1 cm³/mol. The van der Waals surface area contributed by atoms with Gasteiger partial charge >= 0.3 is 0 Å². The lowest BCUT2D eigenvalue weighted by Crippen LogP contribution is -2.26. The van der Waals surface area contributed by atoms with Crippen molar-refractivity contribution in [2.45, 2.75) is 0 Å². The Morgan fingerprint density at radius 1 is 1.20 bits per heavy atom. The highest BCUT2D eigenvalue weighted by molar-refractivity contribution is 7.09. The zero-order valence-electron chi connectivity index (χ0n) is 13.6. The summed E-state index contributed by atoms with van der Waals surface area (Å²) >= 11 is 1.49. The van der Waals surface area contributed by atoms with Gasteiger partial charge in [-0.05, 0) is 0 Å². The molecule has 2 N–H and O–H groups in total. The molecule has 1 aliphatic rings. The molecule has 3 aromatic rings. The Hall–Kier alpha value is -3.00. The molecule has 0 amide bonds. The van der Waals surface area contributed by atoms with E-state index in [1.165, 1.54) is 11.3 Å². The number of amidine groups is 1. The van der Waals surface area contributed by atoms with Crippen LogP contribution in [0.15, 0.2) is 39.1 Å². The maximum absolute atomic E-state index is 10.4. The number of anilines is 1. The van der Waals surface area contributed by atoms with Crippen molar-refractivity contribution in [2.24, 2.45) is 0 Å². The number of benzene rings is 1. The second-order valence-corrected chi connectivity index (χ2v) is 6.21. The van der Waals surface area contributed by atoms with Crippen molar-refractivity contribution in [3.63, 3.8) is 0 Å². The van der Waals surface area contributed by atoms with Gasteiger partial charge in [0.15, 0.2) is 5.58 Å². The van der Waals surface area contributed by atoms with E-state index in [4.69, 9.17) is 19.3 Å². The van der Waals surface area contributed by atoms with Gasteiger partial charge in [0, 0.05) is 29.0 Å². The SMILES string of the molecule is COc1cc(OC)cc(N2CC(O)=C(c3nc4cscc4o3)C2=N)c1. The van der Waals surface area contributed by atoms with Crippen LogP contribution in [0.1, 0.15) is 5.89 Å². The van der Waals surface area contributed by atoms with Crippen molar-refractivity contribution in [1.82, 2.24) is 4.98 Å². The normalized spacial score (nSPS) is 14.6. The van der Waals surface area contributed by atoms with Crippen LogP contribution in [0, 0.1) is 5.41 Å². The Morgan fingerprint density at radius 3 is 2.56 bits per heavy atom. The van der Waals surface area contributed by atoms with Crippen LogP contribution in [-0.4, -0.2) is 36.7 Å². The Labute approximate surface area is 147 Å². The van der Waals surface area contributed by atoms with Gasteiger partial charge in [-0.1, -0.05) is 0 Å². The van der Waals surface area contributed by atoms with E-state index in [1.54, 1.807) is 37.3 Å². The Balaban J connectivity index is 1.71. The van der Waals surface area contributed by atoms with Crippen LogP contribution in [0.3, 0.4) is 0 Å². The molecule has 0 saturated heterocycles. The maximum Gasteiger partial charge on any atom is 0.234 e. The standard InChI is InChI=1S/C17H15N3O4S/c1-22-10-3-9(4-11(5-10)23-2)20-6-13(21)15(16(20)18)17-19-12-7-25-8-14(12)24-17/h3-5,7-8,18,21H,6H2,1-2H3. The minimum Gasteiger partial charge on any atom is -0.509 e. The zero-order valence-corrected chi connectivity index (χ0v) is 14.4. The van der Waals surface area contributed by atoms with Crippen molar-refractivity contribution >= 4 is 39.5 Å². The summed E-state index contributed by atoms with van der Waals surface area (Å²) in [5.41, 5.74) is 2.34. The number of aromatic nitrogens is 1. The molecule has 3 heterocycles. The maximum atomic E-state index is 10.4. The topological polar surface area (TPSA) is 91.8 Å². The molecule has 0 fully saturated rings. The van der Waals surface area contributed by atoms with Crippen LogP contribution in [0.25, 0.3) is 16.7 Å². The second-order valence-electron chi connectivity index (χ2n) is 5.47. The van der Waals surface area contributed by atoms with Gasteiger partial charge < -0.3 is 23.9 Å². The third kappa shape index (κ3) is 2.51. The van der Waals surface area contributed by atoms with Crippen molar-refractivity contribution < 1.29 is 19.0 Å². The molecule has 1 aliphatic heterocycles. The number of aliphatic hydroxyl groups is 1. The van der Waals surface area contributed by atoms with Crippen LogP contribution in [0.5, 0.6) is 11.5 Å². The summed E-state index contributed by atoms with van der Waals surface area (Å²) in [7, 11) is 3.13. The van der Waals surface area contributed by atoms with E-state index < -0.39 is 0 Å². The number of thiophene rings is 1. The predicted octanol–water partition coefficient (Wildman–Crippen LogP) is 3.67. The summed E-state index contributed by atoms with van der Waals surface area (Å²) in [6.07, 6.45) is 0. The second kappa shape index (κ2) is 5.82. The first-order valence-corrected chi connectivity index (χ1v) is 8.39. The summed E-state index contributed by atoms with van der Waals surface area (Å²) < 4.78 is 16.2. The molecule has 0 spiro atoms. The lowest BCUT2D eigenvalue weighted by molar-refractivity contribution is 0.394. The Morgan fingerprint density at radius 2 is 1.92 bits per heavy atom. The fraction of sp³-hybridized carbons (Fsp3) is 0.176. The summed E-state index contributed by atoms with van der Waals surface area (Å²) in [5, 5.41) is 22.6. The van der Waals surface area contributed by atoms with Gasteiger partial charge in [0.05, 0.1) is 26.5 Å². The van der Waals surface area contributed by atoms with Crippen LogP contribution in [0.4, 0.5) is 5.69 Å². The number of ether oxygens (including phenoxy) is 2. The first-order valence-electron chi connectivity index (χ1n) is 7.45. The van der Waals surface area contributed by atoms with Gasteiger partial charge in [0.2, 0.25) is 5.89 Å². The number of nitrogens with one attached hydrogen (secondary N) is 1. The third-order valence-electron chi connectivity index (χ3n) is 4.00. The molecule has 1 aromatic carbocycles. The average Bonchev–Trinajstić information content (AvgIpc) is 3.27. The molecule has 2 aromatic heterocycles. The number of nitrogens with zero attached hydrogens (tertiary/aromatic N) is 2. The van der Waals surface area contributed by atoms with Gasteiger partial charge in [-0.2, -0.15) is 0 Å². The fourth-order valence-electron chi connectivity index (χ4n) is 2.75. The lowest BCUT2D eigenvalue weighted by Gasteiger charge is -2.20. The van der Waals surface area contributed by atoms with Gasteiger partial charge in [-0.25, -0.2) is 4.98 Å². The molecule has 0 atom stereocenters. The molecular formula is C17H15N3O4S. The molecule has 128 valence electrons. The number of rotatable bonds is 4. The largest absolute Gasteiger partial charge is 0.509 e. The average molecular weight is 357 g/mol. The number of hydrogen-bond acceptors (Lipinski definition) is 7. The van der Waals surface area contributed by atoms with Crippen LogP contribution < -0.4 is 14.4 Å². The Kier molecular flexibility index (Phi) is 3.61. The highest BCUT2D eigenvalue weighted by atomic mass is 32.1. The molecule has 0 saturated carbocycles. The van der Waals surface area contributed by atoms with E-state index in [0.717, 1.165) is 5.52 Å². The molecule has 7 nitrogen and oxygen atoms in total. The molecule has 0 aliphatic carbocycles. The van der Waals surface area contributed by atoms with Gasteiger partial charge in [-0.15, -0.1) is 11.3 Å². The number of oxazole rings is 1. The summed E-state index contributed by atoms with van der Waals surface area (Å²) in [4.78, 5) is 6.01. The van der Waals surface area contributed by atoms with Crippen LogP contribution >= 0.6 is 11.3 Å². The molecule has 8 heteroatoms. The monoisotopic (exact) mass is 357 g/mol. The van der Waals surface area contributed by atoms with Gasteiger partial charge in [-0.3, -0.25) is 5.41 Å². The first kappa shape index (κ1) is 15.5. The van der Waals surface area contributed by atoms with E-state index in [2.05, 4.69) is 4.98 Å². The van der Waals surface area contributed by atoms with E-state index in [0.29, 0.717) is 28.3 Å². The van der Waals surface area contributed by atoms with E-state index in [9.17, 15) is 5.11 Å². The van der Waals surface area contributed by atoms with Crippen molar-refractivity contribution in [3.05, 3.63) is 40.6 Å². The summed E-state index contributed by atoms with van der Waals surface area (Å²) in [6.45, 7) is 0.152. The third-order valence-corrected chi connectivity index (χ3v) is 4.71. The smallest absolute Gasteiger partial charge is 0.234 e. The van der Waals surface area contributed by atoms with Crippen molar-refractivity contribution in [2.75, 3.05) is 25.7 Å². The van der Waals surface area contributed by atoms with Gasteiger partial charge in [0.1, 0.15) is 34.2 Å². The minimum atomic E-state index is 0.0411. The van der Waals surface area contributed by atoms with E-state index >= 15 is 0 Å². The fourth-order valence-corrected chi connectivity index (χ4v) is 3.41. The highest BCUT2D eigenvalue weighted by Gasteiger charge is 2.33. The minimum absolute atomic E-state index is 0.0411. The lowest BCUT2D eigenvalue weighted by atomic mass is 10.2. The number of aliphatic hydroxyl groups excluding tert-OH is 1. The number of fused-ring (bicyclic) bond motifs is 1. The molecule has 0 radical (unpaired) electrons. The summed E-state index contributed by atoms with van der Waals surface area (Å²) in [6, 6.07) is 5.31. The van der Waals surface area contributed by atoms with Crippen molar-refractivity contribution in [3.8, 4) is 11.5 Å². The number of hydrogen-bond donors (Lipinski definition) is 2. The first-order chi connectivity index (χ1) is 12.1. The highest BCUT2D eigenvalue weighted by Crippen LogP contribution is 2.36. The molecule has 25 heavy (non-hydrogen) atoms.